The van der Waals surface area contributed by atoms with Gasteiger partial charge in [0.25, 0.3) is 5.97 Å². The maximum absolute atomic E-state index is 5.60. The summed E-state index contributed by atoms with van der Waals surface area (Å²) in [6.45, 7) is 6.35. The maximum Gasteiger partial charge on any atom is 0.282 e. The van der Waals surface area contributed by atoms with Crippen LogP contribution in [-0.2, 0) is 14.2 Å². The van der Waals surface area contributed by atoms with E-state index in [1.165, 1.54) is 0 Å². The van der Waals surface area contributed by atoms with Crippen molar-refractivity contribution in [1.82, 2.24) is 0 Å². The first-order valence-electron chi connectivity index (χ1n) is 5.25. The quantitative estimate of drug-likeness (QED) is 0.599. The minimum atomic E-state index is -0.702. The molecule has 0 spiro atoms. The first-order valence-corrected chi connectivity index (χ1v) is 5.25. The molecule has 13 heavy (non-hydrogen) atoms. The van der Waals surface area contributed by atoms with E-state index >= 15 is 0 Å². The van der Waals surface area contributed by atoms with Gasteiger partial charge in [-0.2, -0.15) is 0 Å². The zero-order valence-corrected chi connectivity index (χ0v) is 8.67. The third kappa shape index (κ3) is 3.25. The Kier molecular flexibility index (Phi) is 4.70. The average Bonchev–Trinajstić information content (AvgIpc) is 2.61. The van der Waals surface area contributed by atoms with E-state index in [1.807, 2.05) is 0 Å². The zero-order chi connectivity index (χ0) is 9.57. The minimum Gasteiger partial charge on any atom is -0.327 e. The number of hydrogen-bond acceptors (Lipinski definition) is 3. The van der Waals surface area contributed by atoms with E-state index in [1.54, 1.807) is 0 Å². The molecule has 1 aliphatic heterocycles. The standard InChI is InChI=1S/C10H20O3/c1-3-7-11-10(12-8-4-2)6-5-9-13-10/h3-9H2,1-2H3. The van der Waals surface area contributed by atoms with E-state index in [4.69, 9.17) is 14.2 Å². The fraction of sp³-hybridized carbons (Fsp3) is 1.00. The van der Waals surface area contributed by atoms with Crippen LogP contribution in [0.5, 0.6) is 0 Å². The molecule has 1 rings (SSSR count). The first kappa shape index (κ1) is 11.0. The van der Waals surface area contributed by atoms with Gasteiger partial charge in [-0.05, 0) is 19.3 Å². The monoisotopic (exact) mass is 188 g/mol. The molecule has 3 nitrogen and oxygen atoms in total. The van der Waals surface area contributed by atoms with Crippen molar-refractivity contribution < 1.29 is 14.2 Å². The van der Waals surface area contributed by atoms with E-state index < -0.39 is 5.97 Å². The Balaban J connectivity index is 2.33. The van der Waals surface area contributed by atoms with Crippen LogP contribution in [0.4, 0.5) is 0 Å². The van der Waals surface area contributed by atoms with Gasteiger partial charge in [-0.25, -0.2) is 0 Å². The van der Waals surface area contributed by atoms with Gasteiger partial charge in [0.1, 0.15) is 0 Å². The van der Waals surface area contributed by atoms with Crippen molar-refractivity contribution in [2.45, 2.75) is 45.5 Å². The van der Waals surface area contributed by atoms with E-state index in [9.17, 15) is 0 Å². The molecule has 0 aliphatic carbocycles. The van der Waals surface area contributed by atoms with Crippen LogP contribution in [-0.4, -0.2) is 25.8 Å². The molecule has 1 fully saturated rings. The van der Waals surface area contributed by atoms with Crippen LogP contribution in [0.1, 0.15) is 39.5 Å². The molecule has 0 bridgehead atoms. The lowest BCUT2D eigenvalue weighted by Gasteiger charge is -2.27. The molecule has 0 unspecified atom stereocenters. The lowest BCUT2D eigenvalue weighted by molar-refractivity contribution is -0.360. The Morgan fingerprint density at radius 3 is 2.15 bits per heavy atom. The summed E-state index contributed by atoms with van der Waals surface area (Å²) >= 11 is 0. The SMILES string of the molecule is CCCOC1(OCCC)CCCO1. The summed E-state index contributed by atoms with van der Waals surface area (Å²) in [5.74, 6) is -0.702. The Labute approximate surface area is 80.4 Å². The highest BCUT2D eigenvalue weighted by Crippen LogP contribution is 2.28. The maximum atomic E-state index is 5.60. The molecule has 0 aromatic carbocycles. The van der Waals surface area contributed by atoms with Crippen LogP contribution in [0, 0.1) is 0 Å². The molecule has 0 saturated carbocycles. The van der Waals surface area contributed by atoms with Crippen LogP contribution < -0.4 is 0 Å². The van der Waals surface area contributed by atoms with E-state index in [0.717, 1.165) is 32.3 Å². The molecule has 1 heterocycles. The molecule has 0 amide bonds. The highest BCUT2D eigenvalue weighted by Gasteiger charge is 2.37. The predicted octanol–water partition coefficient (Wildman–Crippen LogP) is 2.30. The van der Waals surface area contributed by atoms with Gasteiger partial charge < -0.3 is 14.2 Å². The lowest BCUT2D eigenvalue weighted by Crippen LogP contribution is -2.35. The van der Waals surface area contributed by atoms with Crippen molar-refractivity contribution in [3.8, 4) is 0 Å². The van der Waals surface area contributed by atoms with Gasteiger partial charge in [-0.15, -0.1) is 0 Å². The second kappa shape index (κ2) is 5.58. The second-order valence-corrected chi connectivity index (χ2v) is 3.33. The van der Waals surface area contributed by atoms with Crippen molar-refractivity contribution >= 4 is 0 Å². The van der Waals surface area contributed by atoms with Gasteiger partial charge in [0, 0.05) is 6.42 Å². The summed E-state index contributed by atoms with van der Waals surface area (Å²) in [6, 6.07) is 0. The molecule has 1 saturated heterocycles. The molecular weight excluding hydrogens is 168 g/mol. The molecule has 1 aliphatic rings. The van der Waals surface area contributed by atoms with Gasteiger partial charge in [0.2, 0.25) is 0 Å². The van der Waals surface area contributed by atoms with Gasteiger partial charge in [0.05, 0.1) is 19.8 Å². The summed E-state index contributed by atoms with van der Waals surface area (Å²) in [7, 11) is 0. The molecule has 0 aromatic heterocycles. The van der Waals surface area contributed by atoms with Gasteiger partial charge in [0.15, 0.2) is 0 Å². The van der Waals surface area contributed by atoms with Crippen molar-refractivity contribution in [1.29, 1.82) is 0 Å². The molecule has 0 radical (unpaired) electrons. The Bertz CT molecular complexity index is 120. The topological polar surface area (TPSA) is 27.7 Å². The van der Waals surface area contributed by atoms with Crippen LogP contribution in [0.15, 0.2) is 0 Å². The Hall–Kier alpha value is -0.120. The van der Waals surface area contributed by atoms with Crippen molar-refractivity contribution in [3.05, 3.63) is 0 Å². The Morgan fingerprint density at radius 1 is 1.15 bits per heavy atom. The van der Waals surface area contributed by atoms with Crippen molar-refractivity contribution in [3.63, 3.8) is 0 Å². The van der Waals surface area contributed by atoms with Crippen LogP contribution in [0.2, 0.25) is 0 Å². The number of ether oxygens (including phenoxy) is 3. The van der Waals surface area contributed by atoms with Crippen LogP contribution in [0.25, 0.3) is 0 Å². The Morgan fingerprint density at radius 2 is 1.77 bits per heavy atom. The van der Waals surface area contributed by atoms with Crippen molar-refractivity contribution in [2.24, 2.45) is 0 Å². The summed E-state index contributed by atoms with van der Waals surface area (Å²) < 4.78 is 16.7. The van der Waals surface area contributed by atoms with E-state index in [-0.39, 0.29) is 0 Å². The summed E-state index contributed by atoms with van der Waals surface area (Å²) in [5, 5.41) is 0. The minimum absolute atomic E-state index is 0.702. The summed E-state index contributed by atoms with van der Waals surface area (Å²) in [6.07, 6.45) is 3.90. The predicted molar refractivity (Wildman–Crippen MR) is 50.4 cm³/mol. The van der Waals surface area contributed by atoms with E-state index in [0.29, 0.717) is 13.2 Å². The number of rotatable bonds is 6. The largest absolute Gasteiger partial charge is 0.327 e. The third-order valence-corrected chi connectivity index (χ3v) is 2.00. The highest BCUT2D eigenvalue weighted by atomic mass is 16.9. The second-order valence-electron chi connectivity index (χ2n) is 3.33. The number of hydrogen-bond donors (Lipinski definition) is 0. The molecule has 0 aromatic rings. The third-order valence-electron chi connectivity index (χ3n) is 2.00. The smallest absolute Gasteiger partial charge is 0.282 e. The molecule has 0 N–H and O–H groups in total. The fourth-order valence-corrected chi connectivity index (χ4v) is 1.37. The van der Waals surface area contributed by atoms with E-state index in [2.05, 4.69) is 13.8 Å². The van der Waals surface area contributed by atoms with Crippen LogP contribution >= 0.6 is 0 Å². The summed E-state index contributed by atoms with van der Waals surface area (Å²) in [5.41, 5.74) is 0. The van der Waals surface area contributed by atoms with Gasteiger partial charge >= 0.3 is 0 Å². The summed E-state index contributed by atoms with van der Waals surface area (Å²) in [4.78, 5) is 0. The van der Waals surface area contributed by atoms with Gasteiger partial charge in [-0.1, -0.05) is 13.8 Å². The molecule has 0 atom stereocenters. The zero-order valence-electron chi connectivity index (χ0n) is 8.67. The fourth-order valence-electron chi connectivity index (χ4n) is 1.37. The normalized spacial score (nSPS) is 20.8. The highest BCUT2D eigenvalue weighted by molar-refractivity contribution is 4.65. The van der Waals surface area contributed by atoms with Crippen LogP contribution in [0.3, 0.4) is 0 Å². The van der Waals surface area contributed by atoms with Gasteiger partial charge in [-0.3, -0.25) is 0 Å². The lowest BCUT2D eigenvalue weighted by atomic mass is 10.3. The first-order chi connectivity index (χ1) is 6.33. The molecular formula is C10H20O3. The molecule has 3 heteroatoms. The molecule has 78 valence electrons. The van der Waals surface area contributed by atoms with Crippen molar-refractivity contribution in [2.75, 3.05) is 19.8 Å². The average molecular weight is 188 g/mol.